The molecule has 0 atom stereocenters. The normalized spacial score (nSPS) is 11.7. The summed E-state index contributed by atoms with van der Waals surface area (Å²) in [5, 5.41) is 8.39. The SMILES string of the molecule is Cc1ccccc1N=Nc1ccc(NS(=O)(=O)c2c(C)[nH]c(=O)[nH]c2=O)c(C)c1. The molecule has 0 amide bonds. The van der Waals surface area contributed by atoms with Gasteiger partial charge in [-0.05, 0) is 56.2 Å². The molecule has 3 N–H and O–H groups in total. The van der Waals surface area contributed by atoms with E-state index in [0.29, 0.717) is 11.3 Å². The van der Waals surface area contributed by atoms with Crippen molar-refractivity contribution in [1.29, 1.82) is 0 Å². The van der Waals surface area contributed by atoms with Gasteiger partial charge in [0.1, 0.15) is 0 Å². The second-order valence-electron chi connectivity index (χ2n) is 6.45. The predicted molar refractivity (Wildman–Crippen MR) is 110 cm³/mol. The van der Waals surface area contributed by atoms with E-state index in [1.54, 1.807) is 19.1 Å². The molecule has 0 saturated carbocycles. The highest BCUT2D eigenvalue weighted by atomic mass is 32.2. The average Bonchev–Trinajstić information content (AvgIpc) is 2.62. The highest BCUT2D eigenvalue weighted by Gasteiger charge is 2.23. The molecule has 2 aromatic carbocycles. The van der Waals surface area contributed by atoms with Crippen molar-refractivity contribution in [3.63, 3.8) is 0 Å². The quantitative estimate of drug-likeness (QED) is 0.553. The summed E-state index contributed by atoms with van der Waals surface area (Å²) in [6.45, 7) is 4.97. The van der Waals surface area contributed by atoms with Gasteiger partial charge in [-0.3, -0.25) is 14.5 Å². The standard InChI is InChI=1S/C19H19N5O4S/c1-11-6-4-5-7-15(11)23-22-14-8-9-16(12(2)10-14)24-29(27,28)17-13(3)20-19(26)21-18(17)25/h4-10,24H,1-3H3,(H2,20,21,25,26). The Bertz CT molecular complexity index is 1320. The van der Waals surface area contributed by atoms with Crippen LogP contribution in [0, 0.1) is 20.8 Å². The van der Waals surface area contributed by atoms with Gasteiger partial charge in [-0.15, -0.1) is 0 Å². The molecular weight excluding hydrogens is 394 g/mol. The molecule has 0 radical (unpaired) electrons. The van der Waals surface area contributed by atoms with Crippen LogP contribution in [0.2, 0.25) is 0 Å². The highest BCUT2D eigenvalue weighted by molar-refractivity contribution is 7.92. The lowest BCUT2D eigenvalue weighted by Gasteiger charge is -2.11. The minimum absolute atomic E-state index is 0.0486. The van der Waals surface area contributed by atoms with E-state index in [2.05, 4.69) is 19.9 Å². The molecule has 0 aliphatic carbocycles. The van der Waals surface area contributed by atoms with Crippen LogP contribution in [0.1, 0.15) is 16.8 Å². The minimum atomic E-state index is -4.21. The van der Waals surface area contributed by atoms with E-state index < -0.39 is 26.2 Å². The second kappa shape index (κ2) is 7.84. The summed E-state index contributed by atoms with van der Waals surface area (Å²) >= 11 is 0. The lowest BCUT2D eigenvalue weighted by Crippen LogP contribution is -2.31. The molecule has 0 spiro atoms. The van der Waals surface area contributed by atoms with Crippen molar-refractivity contribution < 1.29 is 8.42 Å². The number of aryl methyl sites for hydroxylation is 3. The molecule has 0 bridgehead atoms. The van der Waals surface area contributed by atoms with E-state index in [1.165, 1.54) is 13.0 Å². The molecule has 0 unspecified atom stereocenters. The van der Waals surface area contributed by atoms with Gasteiger partial charge in [0.25, 0.3) is 15.6 Å². The van der Waals surface area contributed by atoms with Gasteiger partial charge in [0.05, 0.1) is 17.1 Å². The number of H-pyrrole nitrogens is 2. The number of benzene rings is 2. The fourth-order valence-electron chi connectivity index (χ4n) is 2.72. The molecule has 0 aliphatic heterocycles. The highest BCUT2D eigenvalue weighted by Crippen LogP contribution is 2.26. The third kappa shape index (κ3) is 4.49. The van der Waals surface area contributed by atoms with Crippen molar-refractivity contribution in [3.8, 4) is 0 Å². The number of nitrogens with one attached hydrogen (secondary N) is 3. The summed E-state index contributed by atoms with van der Waals surface area (Å²) in [7, 11) is -4.21. The predicted octanol–water partition coefficient (Wildman–Crippen LogP) is 3.20. The van der Waals surface area contributed by atoms with Crippen LogP contribution in [0.4, 0.5) is 17.1 Å². The Morgan fingerprint density at radius 2 is 1.62 bits per heavy atom. The topological polar surface area (TPSA) is 137 Å². The van der Waals surface area contributed by atoms with Gasteiger partial charge in [0.15, 0.2) is 4.90 Å². The molecule has 9 nitrogen and oxygen atoms in total. The molecular formula is C19H19N5O4S. The van der Waals surface area contributed by atoms with Crippen molar-refractivity contribution >= 4 is 27.1 Å². The number of rotatable bonds is 5. The summed E-state index contributed by atoms with van der Waals surface area (Å²) in [5.74, 6) is 0. The smallest absolute Gasteiger partial charge is 0.310 e. The zero-order valence-corrected chi connectivity index (χ0v) is 16.8. The molecule has 29 heavy (non-hydrogen) atoms. The summed E-state index contributed by atoms with van der Waals surface area (Å²) in [6.07, 6.45) is 0. The zero-order valence-electron chi connectivity index (χ0n) is 16.0. The van der Waals surface area contributed by atoms with Gasteiger partial charge in [-0.2, -0.15) is 10.2 Å². The Morgan fingerprint density at radius 1 is 0.897 bits per heavy atom. The van der Waals surface area contributed by atoms with Crippen molar-refractivity contribution in [2.24, 2.45) is 10.2 Å². The monoisotopic (exact) mass is 413 g/mol. The molecule has 0 aliphatic rings. The first kappa shape index (κ1) is 20.2. The Morgan fingerprint density at radius 3 is 2.28 bits per heavy atom. The van der Waals surface area contributed by atoms with E-state index >= 15 is 0 Å². The maximum atomic E-state index is 12.6. The van der Waals surface area contributed by atoms with Gasteiger partial charge in [-0.1, -0.05) is 18.2 Å². The molecule has 3 rings (SSSR count). The summed E-state index contributed by atoms with van der Waals surface area (Å²) in [5.41, 5.74) is 1.34. The fraction of sp³-hybridized carbons (Fsp3) is 0.158. The molecule has 150 valence electrons. The van der Waals surface area contributed by atoms with Crippen LogP contribution in [-0.4, -0.2) is 18.4 Å². The number of aromatic nitrogens is 2. The Kier molecular flexibility index (Phi) is 5.46. The largest absolute Gasteiger partial charge is 0.325 e. The van der Waals surface area contributed by atoms with Crippen LogP contribution in [0.5, 0.6) is 0 Å². The first-order valence-corrected chi connectivity index (χ1v) is 10.1. The van der Waals surface area contributed by atoms with Crippen molar-refractivity contribution in [2.45, 2.75) is 25.7 Å². The number of hydrogen-bond acceptors (Lipinski definition) is 6. The molecule has 1 aromatic heterocycles. The van der Waals surface area contributed by atoms with Gasteiger partial charge in [0, 0.05) is 5.69 Å². The van der Waals surface area contributed by atoms with Gasteiger partial charge in [-0.25, -0.2) is 13.2 Å². The third-order valence-corrected chi connectivity index (χ3v) is 5.70. The third-order valence-electron chi connectivity index (χ3n) is 4.19. The first-order valence-electron chi connectivity index (χ1n) is 8.61. The maximum Gasteiger partial charge on any atom is 0.325 e. The molecule has 10 heteroatoms. The zero-order chi connectivity index (χ0) is 21.2. The van der Waals surface area contributed by atoms with Gasteiger partial charge >= 0.3 is 5.69 Å². The number of anilines is 1. The van der Waals surface area contributed by atoms with E-state index in [-0.39, 0.29) is 11.4 Å². The second-order valence-corrected chi connectivity index (χ2v) is 8.07. The lowest BCUT2D eigenvalue weighted by molar-refractivity contribution is 0.598. The van der Waals surface area contributed by atoms with Crippen molar-refractivity contribution in [3.05, 3.63) is 80.1 Å². The lowest BCUT2D eigenvalue weighted by atomic mass is 10.2. The van der Waals surface area contributed by atoms with E-state index in [9.17, 15) is 18.0 Å². The van der Waals surface area contributed by atoms with Gasteiger partial charge in [0.2, 0.25) is 0 Å². The molecule has 1 heterocycles. The summed E-state index contributed by atoms with van der Waals surface area (Å²) < 4.78 is 27.7. The van der Waals surface area contributed by atoms with Crippen LogP contribution in [0.3, 0.4) is 0 Å². The number of sulfonamides is 1. The van der Waals surface area contributed by atoms with Gasteiger partial charge < -0.3 is 4.98 Å². The van der Waals surface area contributed by atoms with E-state index in [1.807, 2.05) is 36.2 Å². The number of hydrogen-bond donors (Lipinski definition) is 3. The van der Waals surface area contributed by atoms with Crippen molar-refractivity contribution in [2.75, 3.05) is 4.72 Å². The number of azo groups is 1. The average molecular weight is 413 g/mol. The Hall–Kier alpha value is -3.53. The van der Waals surface area contributed by atoms with Crippen LogP contribution in [0.25, 0.3) is 0 Å². The van der Waals surface area contributed by atoms with E-state index in [0.717, 1.165) is 11.3 Å². The first-order chi connectivity index (χ1) is 13.7. The molecule has 0 fully saturated rings. The Labute approximate surface area is 166 Å². The minimum Gasteiger partial charge on any atom is -0.310 e. The van der Waals surface area contributed by atoms with E-state index in [4.69, 9.17) is 0 Å². The fourth-order valence-corrected chi connectivity index (χ4v) is 4.09. The number of aromatic amines is 2. The van der Waals surface area contributed by atoms with Crippen LogP contribution < -0.4 is 16.0 Å². The number of nitrogens with zero attached hydrogens (tertiary/aromatic N) is 2. The van der Waals surface area contributed by atoms with Crippen LogP contribution in [-0.2, 0) is 10.0 Å². The Balaban J connectivity index is 1.89. The summed E-state index contributed by atoms with van der Waals surface area (Å²) in [4.78, 5) is 26.9. The maximum absolute atomic E-state index is 12.6. The van der Waals surface area contributed by atoms with Crippen LogP contribution in [0.15, 0.2) is 67.2 Å². The van der Waals surface area contributed by atoms with Crippen molar-refractivity contribution in [1.82, 2.24) is 9.97 Å². The summed E-state index contributed by atoms with van der Waals surface area (Å²) in [6, 6.07) is 12.4. The molecule has 0 saturated heterocycles. The van der Waals surface area contributed by atoms with Crippen LogP contribution >= 0.6 is 0 Å². The molecule has 3 aromatic rings.